The van der Waals surface area contributed by atoms with Gasteiger partial charge < -0.3 is 19.7 Å². The van der Waals surface area contributed by atoms with E-state index in [4.69, 9.17) is 14.5 Å². The molecule has 3 heterocycles. The van der Waals surface area contributed by atoms with Gasteiger partial charge in [0.25, 0.3) is 0 Å². The van der Waals surface area contributed by atoms with Crippen LogP contribution in [0.15, 0.2) is 42.6 Å². The van der Waals surface area contributed by atoms with E-state index in [9.17, 15) is 18.0 Å². The van der Waals surface area contributed by atoms with E-state index in [0.717, 1.165) is 17.3 Å². The van der Waals surface area contributed by atoms with Crippen LogP contribution < -0.4 is 10.2 Å². The Labute approximate surface area is 217 Å². The zero-order valence-electron chi connectivity index (χ0n) is 21.3. The third-order valence-electron chi connectivity index (χ3n) is 6.50. The van der Waals surface area contributed by atoms with E-state index in [0.29, 0.717) is 54.4 Å². The molecule has 5 rings (SSSR count). The third kappa shape index (κ3) is 4.85. The quantitative estimate of drug-likeness (QED) is 0.337. The number of benzene rings is 2. The summed E-state index contributed by atoms with van der Waals surface area (Å²) in [5, 5.41) is 3.89. The summed E-state index contributed by atoms with van der Waals surface area (Å²) in [5.74, 6) is -0.0635. The smallest absolute Gasteiger partial charge is 0.434 e. The molecule has 200 valence electrons. The van der Waals surface area contributed by atoms with E-state index in [2.05, 4.69) is 10.3 Å². The largest absolute Gasteiger partial charge is 0.462 e. The number of aryl methyl sites for hydroxylation is 1. The van der Waals surface area contributed by atoms with Crippen LogP contribution in [-0.2, 0) is 15.7 Å². The highest BCUT2D eigenvalue weighted by molar-refractivity contribution is 5.97. The maximum Gasteiger partial charge on any atom is 0.434 e. The van der Waals surface area contributed by atoms with Gasteiger partial charge in [0.05, 0.1) is 36.9 Å². The number of fused-ring (bicyclic) bond motifs is 3. The van der Waals surface area contributed by atoms with E-state index in [-0.39, 0.29) is 18.3 Å². The Kier molecular flexibility index (Phi) is 6.87. The Morgan fingerprint density at radius 1 is 1.18 bits per heavy atom. The summed E-state index contributed by atoms with van der Waals surface area (Å²) < 4.78 is 53.2. The van der Waals surface area contributed by atoms with Gasteiger partial charge in [-0.25, -0.2) is 14.8 Å². The Balaban J connectivity index is 1.67. The molecule has 0 amide bonds. The van der Waals surface area contributed by atoms with Crippen LogP contribution in [0.4, 0.5) is 24.8 Å². The average molecular weight is 528 g/mol. The van der Waals surface area contributed by atoms with E-state index in [1.54, 1.807) is 31.2 Å². The number of nitrogens with one attached hydrogen (secondary N) is 1. The van der Waals surface area contributed by atoms with Crippen LogP contribution in [0.3, 0.4) is 0 Å². The standard InChI is InChI=1S/C27H28F3N5O3/c1-4-38-25(36)18-7-5-6-8-21(18)31-17(3)19-13-16(2)14-20-23(19)33-26(34-9-11-37-12-10-34)35-15-22(27(28,29)30)32-24(20)35/h5-8,13-15,17,31H,4,9-12H2,1-3H3/t17-/m1/s1. The number of halogens is 3. The van der Waals surface area contributed by atoms with Gasteiger partial charge in [0.2, 0.25) is 5.95 Å². The first-order chi connectivity index (χ1) is 18.2. The fraction of sp³-hybridized carbons (Fsp3) is 0.370. The Bertz CT molecular complexity index is 1500. The number of carbonyl (C=O) groups is 1. The number of aromatic nitrogens is 3. The zero-order valence-corrected chi connectivity index (χ0v) is 21.3. The fourth-order valence-electron chi connectivity index (χ4n) is 4.74. The highest BCUT2D eigenvalue weighted by Crippen LogP contribution is 2.35. The molecule has 11 heteroatoms. The van der Waals surface area contributed by atoms with Crippen LogP contribution >= 0.6 is 0 Å². The summed E-state index contributed by atoms with van der Waals surface area (Å²) >= 11 is 0. The number of morpholine rings is 1. The van der Waals surface area contributed by atoms with E-state index < -0.39 is 17.8 Å². The summed E-state index contributed by atoms with van der Waals surface area (Å²) in [6.07, 6.45) is -3.59. The van der Waals surface area contributed by atoms with Crippen LogP contribution in [-0.4, -0.2) is 53.2 Å². The highest BCUT2D eigenvalue weighted by Gasteiger charge is 2.35. The van der Waals surface area contributed by atoms with Gasteiger partial charge >= 0.3 is 12.1 Å². The van der Waals surface area contributed by atoms with Crippen LogP contribution in [0.2, 0.25) is 0 Å². The third-order valence-corrected chi connectivity index (χ3v) is 6.50. The minimum atomic E-state index is -4.60. The molecule has 0 saturated carbocycles. The van der Waals surface area contributed by atoms with Gasteiger partial charge in [-0.05, 0) is 44.5 Å². The van der Waals surface area contributed by atoms with Crippen molar-refractivity contribution in [3.05, 3.63) is 65.0 Å². The lowest BCUT2D eigenvalue weighted by Crippen LogP contribution is -2.38. The molecule has 0 aliphatic carbocycles. The second-order valence-corrected chi connectivity index (χ2v) is 9.21. The van der Waals surface area contributed by atoms with Crippen molar-refractivity contribution in [1.29, 1.82) is 0 Å². The molecule has 1 N–H and O–H groups in total. The first kappa shape index (κ1) is 25.8. The number of carbonyl (C=O) groups excluding carboxylic acids is 1. The van der Waals surface area contributed by atoms with Crippen LogP contribution in [0.1, 0.15) is 47.1 Å². The van der Waals surface area contributed by atoms with Gasteiger partial charge in [-0.15, -0.1) is 0 Å². The van der Waals surface area contributed by atoms with Crippen molar-refractivity contribution in [2.75, 3.05) is 43.1 Å². The van der Waals surface area contributed by atoms with Crippen molar-refractivity contribution in [3.8, 4) is 0 Å². The number of ether oxygens (including phenoxy) is 2. The van der Waals surface area contributed by atoms with Crippen molar-refractivity contribution in [1.82, 2.24) is 14.4 Å². The number of hydrogen-bond acceptors (Lipinski definition) is 7. The average Bonchev–Trinajstić information content (AvgIpc) is 3.35. The Hall–Kier alpha value is -3.86. The molecule has 8 nitrogen and oxygen atoms in total. The van der Waals surface area contributed by atoms with E-state index >= 15 is 0 Å². The van der Waals surface area contributed by atoms with Gasteiger partial charge in [0.1, 0.15) is 5.65 Å². The lowest BCUT2D eigenvalue weighted by atomic mass is 10.0. The molecule has 2 aromatic heterocycles. The second-order valence-electron chi connectivity index (χ2n) is 9.21. The number of para-hydroxylation sites is 1. The summed E-state index contributed by atoms with van der Waals surface area (Å²) in [7, 11) is 0. The van der Waals surface area contributed by atoms with Crippen molar-refractivity contribution in [2.45, 2.75) is 33.0 Å². The van der Waals surface area contributed by atoms with Gasteiger partial charge in [-0.3, -0.25) is 4.40 Å². The monoisotopic (exact) mass is 527 g/mol. The number of anilines is 2. The maximum atomic E-state index is 13.7. The number of hydrogen-bond donors (Lipinski definition) is 1. The summed E-state index contributed by atoms with van der Waals surface area (Å²) in [5.41, 5.74) is 2.35. The molecule has 0 spiro atoms. The number of nitrogens with zero attached hydrogens (tertiary/aromatic N) is 4. The normalized spacial score (nSPS) is 15.2. The maximum absolute atomic E-state index is 13.7. The predicted octanol–water partition coefficient (Wildman–Crippen LogP) is 5.40. The topological polar surface area (TPSA) is 81.0 Å². The zero-order chi connectivity index (χ0) is 27.0. The lowest BCUT2D eigenvalue weighted by molar-refractivity contribution is -0.140. The van der Waals surface area contributed by atoms with Gasteiger partial charge in [-0.2, -0.15) is 13.2 Å². The summed E-state index contributed by atoms with van der Waals surface area (Å²) in [6.45, 7) is 7.68. The van der Waals surface area contributed by atoms with Gasteiger partial charge in [0.15, 0.2) is 5.69 Å². The summed E-state index contributed by atoms with van der Waals surface area (Å²) in [6, 6.07) is 10.4. The Morgan fingerprint density at radius 3 is 2.63 bits per heavy atom. The molecule has 1 saturated heterocycles. The van der Waals surface area contributed by atoms with E-state index in [1.165, 1.54) is 4.40 Å². The molecule has 1 fully saturated rings. The number of esters is 1. The molecule has 38 heavy (non-hydrogen) atoms. The molecule has 1 aliphatic rings. The molecule has 2 aromatic carbocycles. The SMILES string of the molecule is CCOC(=O)c1ccccc1N[C@H](C)c1cc(C)cc2c1nc(N1CCOCC1)n1cc(C(F)(F)F)nc21. The molecular weight excluding hydrogens is 499 g/mol. The first-order valence-corrected chi connectivity index (χ1v) is 12.4. The van der Waals surface area contributed by atoms with Crippen LogP contribution in [0.5, 0.6) is 0 Å². The summed E-state index contributed by atoms with van der Waals surface area (Å²) in [4.78, 5) is 23.3. The van der Waals surface area contributed by atoms with Gasteiger partial charge in [0, 0.05) is 35.9 Å². The minimum absolute atomic E-state index is 0.188. The van der Waals surface area contributed by atoms with Crippen molar-refractivity contribution < 1.29 is 27.4 Å². The molecule has 0 bridgehead atoms. The number of rotatable bonds is 6. The van der Waals surface area contributed by atoms with Crippen molar-refractivity contribution in [3.63, 3.8) is 0 Å². The molecule has 0 unspecified atom stereocenters. The van der Waals surface area contributed by atoms with Crippen LogP contribution in [0.25, 0.3) is 16.6 Å². The lowest BCUT2D eigenvalue weighted by Gasteiger charge is -2.29. The second kappa shape index (κ2) is 10.1. The Morgan fingerprint density at radius 2 is 1.92 bits per heavy atom. The number of alkyl halides is 3. The molecular formula is C27H28F3N5O3. The molecule has 1 aliphatic heterocycles. The first-order valence-electron chi connectivity index (χ1n) is 12.4. The van der Waals surface area contributed by atoms with Crippen molar-refractivity contribution >= 4 is 34.2 Å². The van der Waals surface area contributed by atoms with Crippen molar-refractivity contribution in [2.24, 2.45) is 0 Å². The highest BCUT2D eigenvalue weighted by atomic mass is 19.4. The molecule has 1 atom stereocenters. The number of imidazole rings is 1. The molecule has 4 aromatic rings. The fourth-order valence-corrected chi connectivity index (χ4v) is 4.74. The van der Waals surface area contributed by atoms with Crippen LogP contribution in [0, 0.1) is 6.92 Å². The molecule has 0 radical (unpaired) electrons. The minimum Gasteiger partial charge on any atom is -0.462 e. The predicted molar refractivity (Wildman–Crippen MR) is 138 cm³/mol. The van der Waals surface area contributed by atoms with Gasteiger partial charge in [-0.1, -0.05) is 18.2 Å². The van der Waals surface area contributed by atoms with E-state index in [1.807, 2.05) is 30.9 Å².